The molecule has 1 aliphatic rings. The Hall–Kier alpha value is -4.40. The van der Waals surface area contributed by atoms with Crippen LogP contribution in [0, 0.1) is 13.8 Å². The summed E-state index contributed by atoms with van der Waals surface area (Å²) in [6.45, 7) is 4.28. The van der Waals surface area contributed by atoms with Crippen LogP contribution in [0.25, 0.3) is 11.1 Å². The minimum absolute atomic E-state index is 0.371. The predicted molar refractivity (Wildman–Crippen MR) is 166 cm³/mol. The van der Waals surface area contributed by atoms with Crippen molar-refractivity contribution < 1.29 is 0 Å². The van der Waals surface area contributed by atoms with E-state index in [9.17, 15) is 0 Å². The van der Waals surface area contributed by atoms with Gasteiger partial charge in [-0.25, -0.2) is 0 Å². The summed E-state index contributed by atoms with van der Waals surface area (Å²) in [5, 5.41) is 1.20. The molecule has 0 atom stereocenters. The largest absolute Gasteiger partial charge is 0.302 e. The summed E-state index contributed by atoms with van der Waals surface area (Å²) in [5.74, 6) is 0. The Bertz CT molecular complexity index is 1670. The van der Waals surface area contributed by atoms with E-state index < -0.39 is 0 Å². The monoisotopic (exact) mass is 519 g/mol. The maximum atomic E-state index is 2.39. The van der Waals surface area contributed by atoms with E-state index in [1.807, 2.05) is 11.3 Å². The van der Waals surface area contributed by atoms with Crippen LogP contribution in [0.4, 0.5) is 16.4 Å². The molecule has 0 unspecified atom stereocenters. The summed E-state index contributed by atoms with van der Waals surface area (Å²) in [7, 11) is 0. The molecule has 0 bridgehead atoms. The molecule has 6 aromatic rings. The quantitative estimate of drug-likeness (QED) is 0.219. The Morgan fingerprint density at radius 1 is 0.487 bits per heavy atom. The molecule has 39 heavy (non-hydrogen) atoms. The van der Waals surface area contributed by atoms with E-state index in [2.05, 4.69) is 158 Å². The summed E-state index contributed by atoms with van der Waals surface area (Å²) in [6.07, 6.45) is 0. The van der Waals surface area contributed by atoms with Gasteiger partial charge >= 0.3 is 0 Å². The molecular weight excluding hydrogens is 490 g/mol. The van der Waals surface area contributed by atoms with Crippen molar-refractivity contribution in [2.24, 2.45) is 0 Å². The van der Waals surface area contributed by atoms with E-state index >= 15 is 0 Å². The topological polar surface area (TPSA) is 3.24 Å². The standard InChI is InChI=1S/C37H29NS/c1-26-16-20-29(21-17-26)38(30-22-18-27(2)19-23-30)36-25-24-35(39-36)37(28-10-4-3-5-11-28)33-14-8-6-12-31(33)32-13-7-9-15-34(32)37/h3-25H,1-2H3. The number of rotatable bonds is 5. The van der Waals surface area contributed by atoms with Gasteiger partial charge in [0.2, 0.25) is 0 Å². The van der Waals surface area contributed by atoms with Crippen LogP contribution in [0.2, 0.25) is 0 Å². The smallest absolute Gasteiger partial charge is 0.100 e. The first kappa shape index (κ1) is 23.7. The van der Waals surface area contributed by atoms with Gasteiger partial charge in [0.25, 0.3) is 0 Å². The Balaban J connectivity index is 1.48. The SMILES string of the molecule is Cc1ccc(N(c2ccc(C)cc2)c2ccc(C3(c4ccccc4)c4ccccc4-c4ccccc43)s2)cc1. The number of aryl methyl sites for hydroxylation is 2. The van der Waals surface area contributed by atoms with Crippen molar-refractivity contribution in [2.45, 2.75) is 19.3 Å². The summed E-state index contributed by atoms with van der Waals surface area (Å²) in [4.78, 5) is 3.71. The van der Waals surface area contributed by atoms with Gasteiger partial charge in [-0.2, -0.15) is 0 Å². The highest BCUT2D eigenvalue weighted by Crippen LogP contribution is 2.58. The maximum absolute atomic E-state index is 2.39. The first-order valence-corrected chi connectivity index (χ1v) is 14.3. The molecule has 1 nitrogen and oxygen atoms in total. The first-order chi connectivity index (χ1) is 19.2. The molecule has 1 heterocycles. The summed E-state index contributed by atoms with van der Waals surface area (Å²) in [6, 6.07) is 51.2. The van der Waals surface area contributed by atoms with E-state index in [4.69, 9.17) is 0 Å². The number of fused-ring (bicyclic) bond motifs is 3. The molecule has 0 saturated heterocycles. The molecule has 0 fully saturated rings. The van der Waals surface area contributed by atoms with Gasteiger partial charge in [0.1, 0.15) is 5.00 Å². The van der Waals surface area contributed by atoms with Crippen LogP contribution in [0.15, 0.2) is 140 Å². The predicted octanol–water partition coefficient (Wildman–Crippen LogP) is 10.2. The molecule has 0 radical (unpaired) electrons. The van der Waals surface area contributed by atoms with E-state index in [1.54, 1.807) is 0 Å². The zero-order valence-corrected chi connectivity index (χ0v) is 23.0. The van der Waals surface area contributed by atoms with Crippen molar-refractivity contribution in [3.05, 3.63) is 172 Å². The first-order valence-electron chi connectivity index (χ1n) is 13.4. The fraction of sp³-hybridized carbons (Fsp3) is 0.0811. The summed E-state index contributed by atoms with van der Waals surface area (Å²) >= 11 is 1.88. The number of thiophene rings is 1. The minimum Gasteiger partial charge on any atom is -0.302 e. The number of benzene rings is 5. The third-order valence-corrected chi connectivity index (χ3v) is 9.12. The molecule has 0 spiro atoms. The van der Waals surface area contributed by atoms with Gasteiger partial charge < -0.3 is 4.90 Å². The van der Waals surface area contributed by atoms with Crippen molar-refractivity contribution in [2.75, 3.05) is 4.90 Å². The Morgan fingerprint density at radius 2 is 0.974 bits per heavy atom. The van der Waals surface area contributed by atoms with Gasteiger partial charge in [0.15, 0.2) is 0 Å². The second kappa shape index (κ2) is 9.41. The second-order valence-electron chi connectivity index (χ2n) is 10.4. The van der Waals surface area contributed by atoms with E-state index in [-0.39, 0.29) is 5.41 Å². The van der Waals surface area contributed by atoms with Crippen molar-refractivity contribution >= 4 is 27.7 Å². The van der Waals surface area contributed by atoms with Crippen LogP contribution < -0.4 is 4.90 Å². The van der Waals surface area contributed by atoms with E-state index in [1.165, 1.54) is 60.2 Å². The molecule has 0 amide bonds. The number of hydrogen-bond acceptors (Lipinski definition) is 2. The van der Waals surface area contributed by atoms with Gasteiger partial charge in [0.05, 0.1) is 5.41 Å². The summed E-state index contributed by atoms with van der Waals surface area (Å²) in [5.41, 5.74) is 11.1. The molecular formula is C37H29NS. The highest BCUT2D eigenvalue weighted by Gasteiger charge is 2.47. The molecule has 7 rings (SSSR count). The lowest BCUT2D eigenvalue weighted by atomic mass is 9.71. The molecule has 1 aromatic heterocycles. The van der Waals surface area contributed by atoms with Crippen molar-refractivity contribution in [1.82, 2.24) is 0 Å². The van der Waals surface area contributed by atoms with Gasteiger partial charge in [-0.1, -0.05) is 114 Å². The normalized spacial score (nSPS) is 13.1. The van der Waals surface area contributed by atoms with Gasteiger partial charge in [-0.15, -0.1) is 11.3 Å². The lowest BCUT2D eigenvalue weighted by Crippen LogP contribution is -2.27. The van der Waals surface area contributed by atoms with Crippen molar-refractivity contribution in [3.8, 4) is 11.1 Å². The number of anilines is 3. The van der Waals surface area contributed by atoms with Gasteiger partial charge in [-0.3, -0.25) is 0 Å². The maximum Gasteiger partial charge on any atom is 0.100 e. The van der Waals surface area contributed by atoms with Crippen LogP contribution in [-0.2, 0) is 5.41 Å². The molecule has 1 aliphatic carbocycles. The van der Waals surface area contributed by atoms with Crippen LogP contribution in [0.1, 0.15) is 32.7 Å². The molecule has 2 heteroatoms. The number of hydrogen-bond donors (Lipinski definition) is 0. The lowest BCUT2D eigenvalue weighted by Gasteiger charge is -2.32. The fourth-order valence-corrected chi connectivity index (χ4v) is 7.37. The zero-order valence-electron chi connectivity index (χ0n) is 22.1. The third-order valence-electron chi connectivity index (χ3n) is 7.93. The molecule has 5 aromatic carbocycles. The average Bonchev–Trinajstić information content (AvgIpc) is 3.58. The zero-order chi connectivity index (χ0) is 26.4. The van der Waals surface area contributed by atoms with E-state index in [0.717, 1.165) is 0 Å². The van der Waals surface area contributed by atoms with Gasteiger partial charge in [-0.05, 0) is 78.1 Å². The minimum atomic E-state index is -0.371. The summed E-state index contributed by atoms with van der Waals surface area (Å²) < 4.78 is 0. The van der Waals surface area contributed by atoms with E-state index in [0.29, 0.717) is 0 Å². The van der Waals surface area contributed by atoms with Crippen molar-refractivity contribution in [3.63, 3.8) is 0 Å². The molecule has 188 valence electrons. The average molecular weight is 520 g/mol. The van der Waals surface area contributed by atoms with Crippen LogP contribution >= 0.6 is 11.3 Å². The van der Waals surface area contributed by atoms with Gasteiger partial charge in [0, 0.05) is 16.3 Å². The van der Waals surface area contributed by atoms with Crippen LogP contribution in [0.3, 0.4) is 0 Å². The van der Waals surface area contributed by atoms with Crippen LogP contribution in [0.5, 0.6) is 0 Å². The van der Waals surface area contributed by atoms with Crippen molar-refractivity contribution in [1.29, 1.82) is 0 Å². The molecule has 0 aliphatic heterocycles. The third kappa shape index (κ3) is 3.75. The number of nitrogens with zero attached hydrogens (tertiary/aromatic N) is 1. The van der Waals surface area contributed by atoms with Crippen LogP contribution in [-0.4, -0.2) is 0 Å². The molecule has 0 N–H and O–H groups in total. The second-order valence-corrected chi connectivity index (χ2v) is 11.4. The molecule has 0 saturated carbocycles. The Kier molecular flexibility index (Phi) is 5.72. The highest BCUT2D eigenvalue weighted by atomic mass is 32.1. The lowest BCUT2D eigenvalue weighted by molar-refractivity contribution is 0.787. The Labute approximate surface area is 234 Å². The highest BCUT2D eigenvalue weighted by molar-refractivity contribution is 7.16. The fourth-order valence-electron chi connectivity index (χ4n) is 6.08. The Morgan fingerprint density at radius 3 is 1.51 bits per heavy atom.